The van der Waals surface area contributed by atoms with Crippen molar-refractivity contribution in [3.8, 4) is 0 Å². The van der Waals surface area contributed by atoms with E-state index in [1.165, 1.54) is 12.8 Å². The van der Waals surface area contributed by atoms with E-state index >= 15 is 0 Å². The summed E-state index contributed by atoms with van der Waals surface area (Å²) in [6.45, 7) is 1.46. The summed E-state index contributed by atoms with van der Waals surface area (Å²) < 4.78 is 0. The molecule has 0 aliphatic carbocycles. The van der Waals surface area contributed by atoms with Crippen LogP contribution in [0.5, 0.6) is 0 Å². The van der Waals surface area contributed by atoms with Gasteiger partial charge in [0.1, 0.15) is 6.42 Å². The lowest BCUT2D eigenvalue weighted by Gasteiger charge is -2.21. The molecule has 0 saturated carbocycles. The highest BCUT2D eigenvalue weighted by Crippen LogP contribution is 2.11. The smallest absolute Gasteiger partial charge is 0.312 e. The maximum absolute atomic E-state index is 11.5. The minimum atomic E-state index is -1.03. The fourth-order valence-corrected chi connectivity index (χ4v) is 1.91. The van der Waals surface area contributed by atoms with E-state index in [1.807, 2.05) is 0 Å². The summed E-state index contributed by atoms with van der Waals surface area (Å²) in [5.74, 6) is -1.26. The number of carboxylic acid groups (broad SMARTS) is 1. The van der Waals surface area contributed by atoms with Crippen LogP contribution in [0.3, 0.4) is 0 Å². The standard InChI is InChI=1S/C11H19NO3/c13-10(9-11(14)15)12-7-5-3-1-2-4-6-8-12/h1-9H2,(H,14,15). The summed E-state index contributed by atoms with van der Waals surface area (Å²) in [6, 6.07) is 0. The van der Waals surface area contributed by atoms with Crippen molar-refractivity contribution in [2.75, 3.05) is 13.1 Å². The molecule has 0 aromatic heterocycles. The van der Waals surface area contributed by atoms with Crippen LogP contribution in [0.25, 0.3) is 0 Å². The SMILES string of the molecule is O=C(O)CC(=O)N1CCCCCCCC1. The van der Waals surface area contributed by atoms with E-state index in [4.69, 9.17) is 5.11 Å². The van der Waals surface area contributed by atoms with Crippen molar-refractivity contribution >= 4 is 11.9 Å². The first kappa shape index (κ1) is 12.0. The molecule has 1 fully saturated rings. The van der Waals surface area contributed by atoms with Crippen molar-refractivity contribution in [1.82, 2.24) is 4.90 Å². The average Bonchev–Trinajstić information content (AvgIpc) is 2.29. The molecule has 0 aromatic rings. The highest BCUT2D eigenvalue weighted by molar-refractivity contribution is 5.93. The van der Waals surface area contributed by atoms with E-state index in [2.05, 4.69) is 0 Å². The predicted octanol–water partition coefficient (Wildman–Crippen LogP) is 1.64. The lowest BCUT2D eigenvalue weighted by Crippen LogP contribution is -2.34. The summed E-state index contributed by atoms with van der Waals surface area (Å²) in [5, 5.41) is 8.55. The van der Waals surface area contributed by atoms with Gasteiger partial charge in [0.25, 0.3) is 0 Å². The van der Waals surface area contributed by atoms with Crippen LogP contribution in [0.4, 0.5) is 0 Å². The molecule has 1 N–H and O–H groups in total. The maximum atomic E-state index is 11.5. The molecule has 4 nitrogen and oxygen atoms in total. The number of rotatable bonds is 2. The van der Waals surface area contributed by atoms with E-state index in [-0.39, 0.29) is 12.3 Å². The maximum Gasteiger partial charge on any atom is 0.312 e. The number of amides is 1. The van der Waals surface area contributed by atoms with Gasteiger partial charge in [-0.2, -0.15) is 0 Å². The van der Waals surface area contributed by atoms with Gasteiger partial charge in [0, 0.05) is 13.1 Å². The number of hydrogen-bond acceptors (Lipinski definition) is 2. The number of carbonyl (C=O) groups excluding carboxylic acids is 1. The number of carboxylic acids is 1. The largest absolute Gasteiger partial charge is 0.481 e. The Balaban J connectivity index is 2.41. The molecule has 1 amide bonds. The number of hydrogen-bond donors (Lipinski definition) is 1. The van der Waals surface area contributed by atoms with Crippen LogP contribution in [-0.4, -0.2) is 35.0 Å². The van der Waals surface area contributed by atoms with E-state index in [9.17, 15) is 9.59 Å². The highest BCUT2D eigenvalue weighted by Gasteiger charge is 2.16. The normalized spacial score (nSPS) is 18.8. The lowest BCUT2D eigenvalue weighted by atomic mass is 10.1. The van der Waals surface area contributed by atoms with E-state index in [1.54, 1.807) is 4.90 Å². The molecule has 1 rings (SSSR count). The Labute approximate surface area is 90.3 Å². The molecule has 1 saturated heterocycles. The van der Waals surface area contributed by atoms with Crippen LogP contribution in [0, 0.1) is 0 Å². The van der Waals surface area contributed by atoms with Crippen molar-refractivity contribution in [3.63, 3.8) is 0 Å². The average molecular weight is 213 g/mol. The van der Waals surface area contributed by atoms with Gasteiger partial charge >= 0.3 is 5.97 Å². The summed E-state index contributed by atoms with van der Waals surface area (Å²) in [7, 11) is 0. The van der Waals surface area contributed by atoms with Crippen LogP contribution >= 0.6 is 0 Å². The minimum Gasteiger partial charge on any atom is -0.481 e. The van der Waals surface area contributed by atoms with E-state index in [0.717, 1.165) is 38.8 Å². The molecular formula is C11H19NO3. The second-order valence-corrected chi connectivity index (χ2v) is 4.07. The molecule has 0 bridgehead atoms. The predicted molar refractivity (Wildman–Crippen MR) is 56.5 cm³/mol. The molecule has 1 heterocycles. The lowest BCUT2D eigenvalue weighted by molar-refractivity contribution is -0.144. The minimum absolute atomic E-state index is 0.232. The topological polar surface area (TPSA) is 57.6 Å². The Bertz CT molecular complexity index is 218. The summed E-state index contributed by atoms with van der Waals surface area (Å²) in [4.78, 5) is 23.7. The molecule has 15 heavy (non-hydrogen) atoms. The fourth-order valence-electron chi connectivity index (χ4n) is 1.91. The van der Waals surface area contributed by atoms with Crippen molar-refractivity contribution in [2.24, 2.45) is 0 Å². The first-order valence-electron chi connectivity index (χ1n) is 5.70. The first-order valence-corrected chi connectivity index (χ1v) is 5.70. The van der Waals surface area contributed by atoms with Gasteiger partial charge in [-0.1, -0.05) is 25.7 Å². The van der Waals surface area contributed by atoms with Crippen LogP contribution in [0.1, 0.15) is 44.9 Å². The fraction of sp³-hybridized carbons (Fsp3) is 0.818. The Morgan fingerprint density at radius 1 is 0.933 bits per heavy atom. The number of nitrogens with zero attached hydrogens (tertiary/aromatic N) is 1. The molecule has 0 atom stereocenters. The van der Waals surface area contributed by atoms with Gasteiger partial charge in [-0.15, -0.1) is 0 Å². The van der Waals surface area contributed by atoms with Gasteiger partial charge in [-0.25, -0.2) is 0 Å². The molecule has 0 aromatic carbocycles. The van der Waals surface area contributed by atoms with Gasteiger partial charge in [-0.05, 0) is 12.8 Å². The van der Waals surface area contributed by atoms with Gasteiger partial charge in [0.15, 0.2) is 0 Å². The summed E-state index contributed by atoms with van der Waals surface area (Å²) in [6.07, 6.45) is 6.42. The molecule has 1 aliphatic heterocycles. The molecule has 1 aliphatic rings. The second-order valence-electron chi connectivity index (χ2n) is 4.07. The number of aliphatic carboxylic acids is 1. The quantitative estimate of drug-likeness (QED) is 0.709. The van der Waals surface area contributed by atoms with Crippen LogP contribution in [-0.2, 0) is 9.59 Å². The molecule has 0 spiro atoms. The Morgan fingerprint density at radius 3 is 1.87 bits per heavy atom. The Kier molecular flexibility index (Phi) is 5.15. The van der Waals surface area contributed by atoms with Gasteiger partial charge in [0.05, 0.1) is 0 Å². The monoisotopic (exact) mass is 213 g/mol. The van der Waals surface area contributed by atoms with Crippen molar-refractivity contribution < 1.29 is 14.7 Å². The third-order valence-electron chi connectivity index (χ3n) is 2.76. The van der Waals surface area contributed by atoms with Gasteiger partial charge in [0.2, 0.25) is 5.91 Å². The van der Waals surface area contributed by atoms with E-state index in [0.29, 0.717) is 0 Å². The highest BCUT2D eigenvalue weighted by atomic mass is 16.4. The zero-order chi connectivity index (χ0) is 11.1. The number of carbonyl (C=O) groups is 2. The van der Waals surface area contributed by atoms with Gasteiger partial charge in [-0.3, -0.25) is 9.59 Å². The van der Waals surface area contributed by atoms with Crippen molar-refractivity contribution in [3.05, 3.63) is 0 Å². The summed E-state index contributed by atoms with van der Waals surface area (Å²) >= 11 is 0. The third kappa shape index (κ3) is 4.81. The molecule has 86 valence electrons. The first-order chi connectivity index (χ1) is 7.20. The Morgan fingerprint density at radius 2 is 1.40 bits per heavy atom. The zero-order valence-corrected chi connectivity index (χ0v) is 9.07. The zero-order valence-electron chi connectivity index (χ0n) is 9.07. The summed E-state index contributed by atoms with van der Waals surface area (Å²) in [5.41, 5.74) is 0. The van der Waals surface area contributed by atoms with Crippen molar-refractivity contribution in [2.45, 2.75) is 44.9 Å². The third-order valence-corrected chi connectivity index (χ3v) is 2.76. The molecular weight excluding hydrogens is 194 g/mol. The van der Waals surface area contributed by atoms with E-state index < -0.39 is 5.97 Å². The Hall–Kier alpha value is -1.06. The van der Waals surface area contributed by atoms with Crippen molar-refractivity contribution in [1.29, 1.82) is 0 Å². The second kappa shape index (κ2) is 6.43. The van der Waals surface area contributed by atoms with Crippen LogP contribution in [0.2, 0.25) is 0 Å². The van der Waals surface area contributed by atoms with Gasteiger partial charge < -0.3 is 10.0 Å². The molecule has 4 heteroatoms. The van der Waals surface area contributed by atoms with Crippen LogP contribution < -0.4 is 0 Å². The molecule has 0 radical (unpaired) electrons. The molecule has 0 unspecified atom stereocenters. The van der Waals surface area contributed by atoms with Crippen LogP contribution in [0.15, 0.2) is 0 Å².